The summed E-state index contributed by atoms with van der Waals surface area (Å²) >= 11 is 1.38. The first kappa shape index (κ1) is 30.0. The standard InChI is InChI=1S/C33H31N3O5S/c1-22(31(37)35-28-11-7-8-12-30(28)41-3)42-27-19-15-25(16-20-27)34-33(39)29(21-23-13-17-26(40-2)18-14-23)36-32(38)24-9-5-4-6-10-24/h4-22H,1-3H3,(H,34,39)(H,35,37)(H,36,38)/b29-21-. The van der Waals surface area contributed by atoms with Crippen molar-refractivity contribution in [2.24, 2.45) is 0 Å². The summed E-state index contributed by atoms with van der Waals surface area (Å²) in [5.74, 6) is 0.210. The van der Waals surface area contributed by atoms with Gasteiger partial charge in [0, 0.05) is 16.1 Å². The number of benzene rings is 4. The summed E-state index contributed by atoms with van der Waals surface area (Å²) in [6, 6.07) is 30.2. The van der Waals surface area contributed by atoms with Gasteiger partial charge in [-0.15, -0.1) is 11.8 Å². The van der Waals surface area contributed by atoms with Crippen LogP contribution in [0.15, 0.2) is 114 Å². The summed E-state index contributed by atoms with van der Waals surface area (Å²) < 4.78 is 10.5. The molecular weight excluding hydrogens is 550 g/mol. The normalized spacial score (nSPS) is 11.6. The maximum absolute atomic E-state index is 13.3. The Kier molecular flexibility index (Phi) is 10.4. The predicted molar refractivity (Wildman–Crippen MR) is 167 cm³/mol. The molecule has 9 heteroatoms. The van der Waals surface area contributed by atoms with Gasteiger partial charge in [-0.05, 0) is 79.2 Å². The number of ether oxygens (including phenoxy) is 2. The first-order chi connectivity index (χ1) is 20.4. The Labute approximate surface area is 249 Å². The molecule has 1 unspecified atom stereocenters. The quantitative estimate of drug-likeness (QED) is 0.143. The number of amides is 3. The highest BCUT2D eigenvalue weighted by Gasteiger charge is 2.18. The lowest BCUT2D eigenvalue weighted by Gasteiger charge is -2.15. The number of anilines is 2. The van der Waals surface area contributed by atoms with E-state index in [0.717, 1.165) is 4.90 Å². The monoisotopic (exact) mass is 581 g/mol. The smallest absolute Gasteiger partial charge is 0.272 e. The van der Waals surface area contributed by atoms with Crippen LogP contribution in [0.3, 0.4) is 0 Å². The summed E-state index contributed by atoms with van der Waals surface area (Å²) in [5, 5.41) is 8.08. The van der Waals surface area contributed by atoms with Gasteiger partial charge in [-0.25, -0.2) is 0 Å². The van der Waals surface area contributed by atoms with Crippen LogP contribution >= 0.6 is 11.8 Å². The molecule has 0 aromatic heterocycles. The number of rotatable bonds is 11. The number of carbonyl (C=O) groups excluding carboxylic acids is 3. The van der Waals surface area contributed by atoms with Gasteiger partial charge in [0.05, 0.1) is 25.2 Å². The van der Waals surface area contributed by atoms with E-state index in [4.69, 9.17) is 9.47 Å². The first-order valence-corrected chi connectivity index (χ1v) is 14.0. The molecular formula is C33H31N3O5S. The average Bonchev–Trinajstić information content (AvgIpc) is 3.02. The SMILES string of the molecule is COc1ccc(/C=C(\NC(=O)c2ccccc2)C(=O)Nc2ccc(SC(C)C(=O)Nc3ccccc3OC)cc2)cc1. The highest BCUT2D eigenvalue weighted by Crippen LogP contribution is 2.28. The predicted octanol–water partition coefficient (Wildman–Crippen LogP) is 6.23. The third-order valence-electron chi connectivity index (χ3n) is 6.11. The zero-order valence-electron chi connectivity index (χ0n) is 23.4. The van der Waals surface area contributed by atoms with Crippen LogP contribution in [0.25, 0.3) is 6.08 Å². The molecule has 8 nitrogen and oxygen atoms in total. The number of thioether (sulfide) groups is 1. The van der Waals surface area contributed by atoms with Crippen molar-refractivity contribution in [3.05, 3.63) is 120 Å². The molecule has 0 heterocycles. The molecule has 1 atom stereocenters. The average molecular weight is 582 g/mol. The van der Waals surface area contributed by atoms with Gasteiger partial charge in [0.2, 0.25) is 5.91 Å². The zero-order chi connectivity index (χ0) is 29.9. The molecule has 4 rings (SSSR count). The van der Waals surface area contributed by atoms with Gasteiger partial charge in [0.25, 0.3) is 11.8 Å². The van der Waals surface area contributed by atoms with Crippen LogP contribution in [0.4, 0.5) is 11.4 Å². The second kappa shape index (κ2) is 14.6. The minimum Gasteiger partial charge on any atom is -0.497 e. The van der Waals surface area contributed by atoms with E-state index in [1.54, 1.807) is 93.1 Å². The molecule has 214 valence electrons. The third kappa shape index (κ3) is 8.25. The van der Waals surface area contributed by atoms with Crippen LogP contribution in [0.5, 0.6) is 11.5 Å². The van der Waals surface area contributed by atoms with Crippen LogP contribution in [-0.2, 0) is 9.59 Å². The molecule has 0 aliphatic heterocycles. The Balaban J connectivity index is 1.43. The van der Waals surface area contributed by atoms with Crippen molar-refractivity contribution in [2.45, 2.75) is 17.1 Å². The summed E-state index contributed by atoms with van der Waals surface area (Å²) in [5.41, 5.74) is 2.35. The molecule has 0 radical (unpaired) electrons. The molecule has 0 saturated carbocycles. The highest BCUT2D eigenvalue weighted by molar-refractivity contribution is 8.00. The second-order valence-electron chi connectivity index (χ2n) is 9.08. The van der Waals surface area contributed by atoms with Crippen molar-refractivity contribution >= 4 is 46.9 Å². The summed E-state index contributed by atoms with van der Waals surface area (Å²) in [4.78, 5) is 39.8. The Morgan fingerprint density at radius 3 is 2.10 bits per heavy atom. The lowest BCUT2D eigenvalue weighted by molar-refractivity contribution is -0.115. The lowest BCUT2D eigenvalue weighted by atomic mass is 10.1. The fourth-order valence-corrected chi connectivity index (χ4v) is 4.73. The number of methoxy groups -OCH3 is 2. The van der Waals surface area contributed by atoms with Crippen molar-refractivity contribution in [3.8, 4) is 11.5 Å². The van der Waals surface area contributed by atoms with Gasteiger partial charge in [-0.2, -0.15) is 0 Å². The van der Waals surface area contributed by atoms with E-state index in [2.05, 4.69) is 16.0 Å². The summed E-state index contributed by atoms with van der Waals surface area (Å²) in [7, 11) is 3.13. The Morgan fingerprint density at radius 2 is 1.43 bits per heavy atom. The van der Waals surface area contributed by atoms with Crippen molar-refractivity contribution in [1.82, 2.24) is 5.32 Å². The fourth-order valence-electron chi connectivity index (χ4n) is 3.86. The van der Waals surface area contributed by atoms with Crippen molar-refractivity contribution in [1.29, 1.82) is 0 Å². The van der Waals surface area contributed by atoms with Gasteiger partial charge in [0.1, 0.15) is 17.2 Å². The third-order valence-corrected chi connectivity index (χ3v) is 7.23. The number of hydrogen-bond donors (Lipinski definition) is 3. The minimum absolute atomic E-state index is 0.0779. The molecule has 3 amide bonds. The van der Waals surface area contributed by atoms with Gasteiger partial charge >= 0.3 is 0 Å². The Hall–Kier alpha value is -5.02. The molecule has 4 aromatic rings. The van der Waals surface area contributed by atoms with Crippen LogP contribution in [-0.4, -0.2) is 37.2 Å². The van der Waals surface area contributed by atoms with Gasteiger partial charge in [-0.3, -0.25) is 14.4 Å². The maximum Gasteiger partial charge on any atom is 0.272 e. The van der Waals surface area contributed by atoms with E-state index in [9.17, 15) is 14.4 Å². The van der Waals surface area contributed by atoms with E-state index in [0.29, 0.717) is 34.0 Å². The molecule has 0 saturated heterocycles. The topological polar surface area (TPSA) is 106 Å². The van der Waals surface area contributed by atoms with E-state index < -0.39 is 11.8 Å². The zero-order valence-corrected chi connectivity index (χ0v) is 24.2. The minimum atomic E-state index is -0.486. The number of hydrogen-bond acceptors (Lipinski definition) is 6. The summed E-state index contributed by atoms with van der Waals surface area (Å²) in [6.45, 7) is 1.82. The van der Waals surface area contributed by atoms with E-state index in [1.165, 1.54) is 11.8 Å². The highest BCUT2D eigenvalue weighted by atomic mass is 32.2. The van der Waals surface area contributed by atoms with Gasteiger partial charge < -0.3 is 25.4 Å². The Bertz CT molecular complexity index is 1560. The first-order valence-electron chi connectivity index (χ1n) is 13.1. The summed E-state index contributed by atoms with van der Waals surface area (Å²) in [6.07, 6.45) is 1.60. The van der Waals surface area contributed by atoms with Crippen LogP contribution in [0.2, 0.25) is 0 Å². The second-order valence-corrected chi connectivity index (χ2v) is 10.5. The fraction of sp³-hybridized carbons (Fsp3) is 0.121. The molecule has 0 aliphatic rings. The molecule has 0 spiro atoms. The van der Waals surface area contributed by atoms with E-state index in [1.807, 2.05) is 37.3 Å². The van der Waals surface area contributed by atoms with Crippen molar-refractivity contribution < 1.29 is 23.9 Å². The molecule has 0 bridgehead atoms. The largest absolute Gasteiger partial charge is 0.497 e. The van der Waals surface area contributed by atoms with E-state index >= 15 is 0 Å². The van der Waals surface area contributed by atoms with Crippen LogP contribution in [0, 0.1) is 0 Å². The van der Waals surface area contributed by atoms with Crippen molar-refractivity contribution in [2.75, 3.05) is 24.9 Å². The molecule has 42 heavy (non-hydrogen) atoms. The van der Waals surface area contributed by atoms with E-state index in [-0.39, 0.29) is 16.9 Å². The maximum atomic E-state index is 13.3. The lowest BCUT2D eigenvalue weighted by Crippen LogP contribution is -2.30. The van der Waals surface area contributed by atoms with Crippen LogP contribution in [0.1, 0.15) is 22.8 Å². The Morgan fingerprint density at radius 1 is 0.762 bits per heavy atom. The molecule has 0 aliphatic carbocycles. The molecule has 3 N–H and O–H groups in total. The van der Waals surface area contributed by atoms with Gasteiger partial charge in [-0.1, -0.05) is 42.5 Å². The number of carbonyl (C=O) groups is 3. The number of para-hydroxylation sites is 2. The molecule has 4 aromatic carbocycles. The molecule has 0 fully saturated rings. The van der Waals surface area contributed by atoms with Crippen LogP contribution < -0.4 is 25.4 Å². The van der Waals surface area contributed by atoms with Crippen molar-refractivity contribution in [3.63, 3.8) is 0 Å². The van der Waals surface area contributed by atoms with Gasteiger partial charge in [0.15, 0.2) is 0 Å². The number of nitrogens with one attached hydrogen (secondary N) is 3.